The van der Waals surface area contributed by atoms with Crippen molar-refractivity contribution in [3.8, 4) is 0 Å². The van der Waals surface area contributed by atoms with Gasteiger partial charge in [-0.05, 0) is 55.3 Å². The highest BCUT2D eigenvalue weighted by atomic mass is 19.1. The van der Waals surface area contributed by atoms with Gasteiger partial charge < -0.3 is 5.32 Å². The predicted molar refractivity (Wildman–Crippen MR) is 73.0 cm³/mol. The van der Waals surface area contributed by atoms with E-state index in [0.29, 0.717) is 12.0 Å². The quantitative estimate of drug-likeness (QED) is 0.883. The summed E-state index contributed by atoms with van der Waals surface area (Å²) in [5.74, 6) is -0.442. The SMILES string of the molecule is CNC(Cc1ccc(F)cc1)c1ccc(C)c(F)c1. The van der Waals surface area contributed by atoms with Crippen molar-refractivity contribution in [2.45, 2.75) is 19.4 Å². The lowest BCUT2D eigenvalue weighted by molar-refractivity contribution is 0.573. The fourth-order valence-electron chi connectivity index (χ4n) is 2.07. The van der Waals surface area contributed by atoms with Crippen LogP contribution in [0.4, 0.5) is 8.78 Å². The number of rotatable bonds is 4. The smallest absolute Gasteiger partial charge is 0.126 e. The maximum absolute atomic E-state index is 13.6. The van der Waals surface area contributed by atoms with Gasteiger partial charge in [0.05, 0.1) is 0 Å². The summed E-state index contributed by atoms with van der Waals surface area (Å²) >= 11 is 0. The van der Waals surface area contributed by atoms with Gasteiger partial charge in [0, 0.05) is 6.04 Å². The third-order valence-electron chi connectivity index (χ3n) is 3.30. The molecule has 100 valence electrons. The zero-order chi connectivity index (χ0) is 13.8. The van der Waals surface area contributed by atoms with Crippen LogP contribution in [0, 0.1) is 18.6 Å². The largest absolute Gasteiger partial charge is 0.313 e. The van der Waals surface area contributed by atoms with Crippen molar-refractivity contribution < 1.29 is 8.78 Å². The Morgan fingerprint density at radius 3 is 2.32 bits per heavy atom. The number of likely N-dealkylation sites (N-methyl/N-ethyl adjacent to an activating group) is 1. The van der Waals surface area contributed by atoms with Gasteiger partial charge in [0.15, 0.2) is 0 Å². The van der Waals surface area contributed by atoms with Gasteiger partial charge in [0.2, 0.25) is 0 Å². The Bertz CT molecular complexity index is 549. The number of benzene rings is 2. The Labute approximate surface area is 112 Å². The van der Waals surface area contributed by atoms with Gasteiger partial charge in [0.25, 0.3) is 0 Å². The van der Waals surface area contributed by atoms with E-state index in [1.165, 1.54) is 12.1 Å². The molecule has 2 aromatic carbocycles. The van der Waals surface area contributed by atoms with Crippen molar-refractivity contribution in [2.75, 3.05) is 7.05 Å². The maximum Gasteiger partial charge on any atom is 0.126 e. The summed E-state index contributed by atoms with van der Waals surface area (Å²) in [6, 6.07) is 11.7. The molecule has 0 radical (unpaired) electrons. The van der Waals surface area contributed by atoms with Gasteiger partial charge in [-0.3, -0.25) is 0 Å². The molecule has 1 atom stereocenters. The van der Waals surface area contributed by atoms with E-state index in [-0.39, 0.29) is 17.7 Å². The van der Waals surface area contributed by atoms with Crippen molar-refractivity contribution >= 4 is 0 Å². The zero-order valence-corrected chi connectivity index (χ0v) is 11.1. The minimum Gasteiger partial charge on any atom is -0.313 e. The first-order valence-electron chi connectivity index (χ1n) is 6.28. The van der Waals surface area contributed by atoms with Crippen LogP contribution in [0.1, 0.15) is 22.7 Å². The first-order chi connectivity index (χ1) is 9.10. The highest BCUT2D eigenvalue weighted by Crippen LogP contribution is 2.20. The Morgan fingerprint density at radius 2 is 1.74 bits per heavy atom. The van der Waals surface area contributed by atoms with Gasteiger partial charge in [0.1, 0.15) is 11.6 Å². The molecule has 0 fully saturated rings. The molecule has 1 nitrogen and oxygen atoms in total. The molecular weight excluding hydrogens is 244 g/mol. The number of halogens is 2. The minimum absolute atomic E-state index is 0.0144. The first-order valence-corrected chi connectivity index (χ1v) is 6.28. The summed E-state index contributed by atoms with van der Waals surface area (Å²) in [7, 11) is 1.84. The molecule has 0 aliphatic heterocycles. The molecule has 1 unspecified atom stereocenters. The molecule has 0 heterocycles. The highest BCUT2D eigenvalue weighted by molar-refractivity contribution is 5.28. The van der Waals surface area contributed by atoms with E-state index in [0.717, 1.165) is 11.1 Å². The molecule has 0 spiro atoms. The number of nitrogens with one attached hydrogen (secondary N) is 1. The number of aryl methyl sites for hydroxylation is 1. The van der Waals surface area contributed by atoms with Crippen LogP contribution in [0.25, 0.3) is 0 Å². The second-order valence-electron chi connectivity index (χ2n) is 4.68. The molecule has 1 N–H and O–H groups in total. The van der Waals surface area contributed by atoms with Crippen LogP contribution in [-0.2, 0) is 6.42 Å². The average Bonchev–Trinajstić information content (AvgIpc) is 2.41. The minimum atomic E-state index is -0.244. The monoisotopic (exact) mass is 261 g/mol. The molecule has 3 heteroatoms. The predicted octanol–water partition coefficient (Wildman–Crippen LogP) is 3.78. The number of hydrogen-bond acceptors (Lipinski definition) is 1. The van der Waals surface area contributed by atoms with Gasteiger partial charge in [-0.25, -0.2) is 8.78 Å². The standard InChI is InChI=1S/C16H17F2N/c1-11-3-6-13(10-15(11)18)16(19-2)9-12-4-7-14(17)8-5-12/h3-8,10,16,19H,9H2,1-2H3. The fourth-order valence-corrected chi connectivity index (χ4v) is 2.07. The van der Waals surface area contributed by atoms with Crippen LogP contribution in [0.3, 0.4) is 0 Å². The summed E-state index contributed by atoms with van der Waals surface area (Å²) in [6.45, 7) is 1.74. The molecule has 0 bridgehead atoms. The van der Waals surface area contributed by atoms with Gasteiger partial charge in [-0.15, -0.1) is 0 Å². The lowest BCUT2D eigenvalue weighted by Gasteiger charge is -2.17. The third kappa shape index (κ3) is 3.38. The van der Waals surface area contributed by atoms with Crippen molar-refractivity contribution in [1.29, 1.82) is 0 Å². The lowest BCUT2D eigenvalue weighted by Crippen LogP contribution is -2.19. The van der Waals surface area contributed by atoms with Crippen LogP contribution in [0.5, 0.6) is 0 Å². The highest BCUT2D eigenvalue weighted by Gasteiger charge is 2.11. The molecule has 2 aromatic rings. The van der Waals surface area contributed by atoms with Crippen LogP contribution in [0.2, 0.25) is 0 Å². The van der Waals surface area contributed by atoms with E-state index in [2.05, 4.69) is 5.32 Å². The third-order valence-corrected chi connectivity index (χ3v) is 3.30. The molecule has 0 aromatic heterocycles. The second-order valence-corrected chi connectivity index (χ2v) is 4.68. The van der Waals surface area contributed by atoms with Crippen molar-refractivity contribution in [3.05, 3.63) is 70.8 Å². The Kier molecular flexibility index (Phi) is 4.27. The van der Waals surface area contributed by atoms with Crippen LogP contribution in [-0.4, -0.2) is 7.05 Å². The molecule has 0 aliphatic carbocycles. The van der Waals surface area contributed by atoms with Crippen molar-refractivity contribution in [3.63, 3.8) is 0 Å². The van der Waals surface area contributed by atoms with E-state index in [1.54, 1.807) is 31.2 Å². The molecule has 0 saturated carbocycles. The van der Waals surface area contributed by atoms with E-state index in [9.17, 15) is 8.78 Å². The first kappa shape index (κ1) is 13.7. The van der Waals surface area contributed by atoms with Crippen LogP contribution >= 0.6 is 0 Å². The molecular formula is C16H17F2N. The molecule has 0 amide bonds. The van der Waals surface area contributed by atoms with E-state index >= 15 is 0 Å². The lowest BCUT2D eigenvalue weighted by atomic mass is 9.98. The fraction of sp³-hybridized carbons (Fsp3) is 0.250. The van der Waals surface area contributed by atoms with Crippen molar-refractivity contribution in [2.24, 2.45) is 0 Å². The average molecular weight is 261 g/mol. The van der Waals surface area contributed by atoms with Gasteiger partial charge in [-0.1, -0.05) is 24.3 Å². The molecule has 0 aliphatic rings. The van der Waals surface area contributed by atoms with E-state index in [4.69, 9.17) is 0 Å². The molecule has 19 heavy (non-hydrogen) atoms. The second kappa shape index (κ2) is 5.93. The maximum atomic E-state index is 13.6. The Morgan fingerprint density at radius 1 is 1.05 bits per heavy atom. The van der Waals surface area contributed by atoms with E-state index < -0.39 is 0 Å². The Hall–Kier alpha value is -1.74. The van der Waals surface area contributed by atoms with Gasteiger partial charge >= 0.3 is 0 Å². The Balaban J connectivity index is 2.19. The normalized spacial score (nSPS) is 12.4. The van der Waals surface area contributed by atoms with Crippen LogP contribution < -0.4 is 5.32 Å². The molecule has 0 saturated heterocycles. The van der Waals surface area contributed by atoms with E-state index in [1.807, 2.05) is 13.1 Å². The van der Waals surface area contributed by atoms with Gasteiger partial charge in [-0.2, -0.15) is 0 Å². The number of hydrogen-bond donors (Lipinski definition) is 1. The topological polar surface area (TPSA) is 12.0 Å². The zero-order valence-electron chi connectivity index (χ0n) is 11.1. The van der Waals surface area contributed by atoms with Crippen molar-refractivity contribution in [1.82, 2.24) is 5.32 Å². The summed E-state index contributed by atoms with van der Waals surface area (Å²) in [4.78, 5) is 0. The molecule has 2 rings (SSSR count). The van der Waals surface area contributed by atoms with Crippen LogP contribution in [0.15, 0.2) is 42.5 Å². The summed E-state index contributed by atoms with van der Waals surface area (Å²) in [5.41, 5.74) is 2.55. The summed E-state index contributed by atoms with van der Waals surface area (Å²) in [6.07, 6.45) is 0.694. The summed E-state index contributed by atoms with van der Waals surface area (Å²) < 4.78 is 26.5. The summed E-state index contributed by atoms with van der Waals surface area (Å²) in [5, 5.41) is 3.17.